The topological polar surface area (TPSA) is 85.8 Å². The van der Waals surface area contributed by atoms with Gasteiger partial charge in [0.1, 0.15) is 18.2 Å². The monoisotopic (exact) mass is 419 g/mol. The number of hydrogen-bond acceptors (Lipinski definition) is 6. The van der Waals surface area contributed by atoms with E-state index in [2.05, 4.69) is 41.7 Å². The highest BCUT2D eigenvalue weighted by Crippen LogP contribution is 2.19. The molecule has 0 saturated carbocycles. The molecule has 2 heterocycles. The van der Waals surface area contributed by atoms with Crippen molar-refractivity contribution in [1.29, 1.82) is 0 Å². The first kappa shape index (κ1) is 21.0. The molecule has 0 atom stereocenters. The second kappa shape index (κ2) is 10.1. The summed E-state index contributed by atoms with van der Waals surface area (Å²) in [5.74, 6) is 1.02. The van der Waals surface area contributed by atoms with E-state index in [4.69, 9.17) is 0 Å². The molecule has 1 amide bonds. The molecule has 1 saturated heterocycles. The van der Waals surface area contributed by atoms with Gasteiger partial charge in [0.05, 0.1) is 0 Å². The molecule has 0 unspecified atom stereocenters. The highest BCUT2D eigenvalue weighted by Gasteiger charge is 2.22. The minimum absolute atomic E-state index is 0.00379. The van der Waals surface area contributed by atoms with Gasteiger partial charge in [-0.3, -0.25) is 4.79 Å². The Morgan fingerprint density at radius 2 is 1.93 bits per heavy atom. The average Bonchev–Trinajstić information content (AvgIpc) is 3.22. The maximum atomic E-state index is 13.0. The summed E-state index contributed by atoms with van der Waals surface area (Å²) in [5, 5.41) is 6.93. The van der Waals surface area contributed by atoms with Gasteiger partial charge in [0.25, 0.3) is 0 Å². The van der Waals surface area contributed by atoms with Crippen LogP contribution in [0.3, 0.4) is 0 Å². The van der Waals surface area contributed by atoms with Crippen LogP contribution < -0.4 is 15.5 Å². The summed E-state index contributed by atoms with van der Waals surface area (Å²) in [6.45, 7) is 7.98. The molecule has 8 nitrogen and oxygen atoms in total. The molecule has 0 bridgehead atoms. The lowest BCUT2D eigenvalue weighted by molar-refractivity contribution is -0.114. The number of hydrogen-bond donors (Lipinski definition) is 2. The molecule has 1 aromatic carbocycles. The summed E-state index contributed by atoms with van der Waals surface area (Å²) in [6, 6.07) is 5.67. The van der Waals surface area contributed by atoms with E-state index in [1.807, 2.05) is 6.92 Å². The van der Waals surface area contributed by atoms with Gasteiger partial charge in [0.2, 0.25) is 11.0 Å². The number of carbonyl (C=O) groups excluding carboxylic acids is 1. The minimum atomic E-state index is -0.339. The van der Waals surface area contributed by atoms with E-state index in [-0.39, 0.29) is 18.3 Å². The zero-order valence-corrected chi connectivity index (χ0v) is 17.5. The smallest absolute Gasteiger partial charge is 0.246 e. The number of piperazine rings is 1. The van der Waals surface area contributed by atoms with Crippen molar-refractivity contribution in [2.24, 2.45) is 4.99 Å². The molecule has 1 aliphatic heterocycles. The molecule has 1 aliphatic rings. The Kier molecular flexibility index (Phi) is 7.34. The van der Waals surface area contributed by atoms with E-state index in [0.717, 1.165) is 50.1 Å². The fourth-order valence-corrected chi connectivity index (χ4v) is 3.73. The summed E-state index contributed by atoms with van der Waals surface area (Å²) in [5.41, 5.74) is 0.550. The van der Waals surface area contributed by atoms with E-state index in [1.165, 1.54) is 35.8 Å². The van der Waals surface area contributed by atoms with Crippen molar-refractivity contribution in [3.05, 3.63) is 35.9 Å². The number of benzene rings is 1. The SMILES string of the molecule is CCNC(=NCC(=O)Nc1ccc(F)cc1)N1CCN(c2nc(CC)ns2)CC1. The van der Waals surface area contributed by atoms with Crippen LogP contribution in [0.4, 0.5) is 15.2 Å². The number of aromatic nitrogens is 2. The number of nitrogens with one attached hydrogen (secondary N) is 2. The molecule has 1 aromatic heterocycles. The fourth-order valence-electron chi connectivity index (χ4n) is 2.93. The maximum absolute atomic E-state index is 13.0. The van der Waals surface area contributed by atoms with E-state index in [9.17, 15) is 9.18 Å². The predicted octanol–water partition coefficient (Wildman–Crippen LogP) is 1.97. The van der Waals surface area contributed by atoms with Gasteiger partial charge in [0, 0.05) is 56.4 Å². The molecule has 156 valence electrons. The number of guanidine groups is 1. The molecule has 3 rings (SSSR count). The molecule has 10 heteroatoms. The van der Waals surface area contributed by atoms with Crippen LogP contribution in [0.25, 0.3) is 0 Å². The predicted molar refractivity (Wildman–Crippen MR) is 114 cm³/mol. The Hall–Kier alpha value is -2.75. The number of amides is 1. The van der Waals surface area contributed by atoms with Gasteiger partial charge in [-0.25, -0.2) is 14.4 Å². The third-order valence-electron chi connectivity index (χ3n) is 4.46. The normalized spacial score (nSPS) is 14.8. The molecule has 1 fully saturated rings. The first-order valence-electron chi connectivity index (χ1n) is 9.75. The summed E-state index contributed by atoms with van der Waals surface area (Å²) < 4.78 is 17.3. The minimum Gasteiger partial charge on any atom is -0.357 e. The van der Waals surface area contributed by atoms with E-state index in [0.29, 0.717) is 11.6 Å². The van der Waals surface area contributed by atoms with Gasteiger partial charge in [0.15, 0.2) is 5.96 Å². The fraction of sp³-hybridized carbons (Fsp3) is 0.474. The molecule has 0 aliphatic carbocycles. The van der Waals surface area contributed by atoms with E-state index < -0.39 is 0 Å². The lowest BCUT2D eigenvalue weighted by Gasteiger charge is -2.36. The quantitative estimate of drug-likeness (QED) is 0.550. The van der Waals surface area contributed by atoms with Crippen LogP contribution >= 0.6 is 11.5 Å². The second-order valence-electron chi connectivity index (χ2n) is 6.55. The van der Waals surface area contributed by atoms with Crippen molar-refractivity contribution in [3.8, 4) is 0 Å². The van der Waals surface area contributed by atoms with Crippen molar-refractivity contribution < 1.29 is 9.18 Å². The second-order valence-corrected chi connectivity index (χ2v) is 7.28. The molecule has 0 radical (unpaired) electrons. The Bertz CT molecular complexity index is 831. The first-order chi connectivity index (χ1) is 14.1. The Morgan fingerprint density at radius 3 is 2.55 bits per heavy atom. The summed E-state index contributed by atoms with van der Waals surface area (Å²) in [7, 11) is 0. The van der Waals surface area contributed by atoms with Crippen LogP contribution in [0.1, 0.15) is 19.7 Å². The molecular formula is C19H26FN7OS. The number of halogens is 1. The summed E-state index contributed by atoms with van der Waals surface area (Å²) in [4.78, 5) is 25.6. The maximum Gasteiger partial charge on any atom is 0.246 e. The van der Waals surface area contributed by atoms with Crippen molar-refractivity contribution in [2.75, 3.05) is 49.5 Å². The van der Waals surface area contributed by atoms with Crippen LogP contribution in [-0.4, -0.2) is 65.4 Å². The highest BCUT2D eigenvalue weighted by molar-refractivity contribution is 7.09. The Morgan fingerprint density at radius 1 is 1.21 bits per heavy atom. The van der Waals surface area contributed by atoms with Crippen LogP contribution in [0.15, 0.2) is 29.3 Å². The summed E-state index contributed by atoms with van der Waals surface area (Å²) in [6.07, 6.45) is 0.841. The number of aryl methyl sites for hydroxylation is 1. The average molecular weight is 420 g/mol. The van der Waals surface area contributed by atoms with Gasteiger partial charge < -0.3 is 20.4 Å². The molecule has 0 spiro atoms. The van der Waals surface area contributed by atoms with Crippen molar-refractivity contribution in [2.45, 2.75) is 20.3 Å². The Balaban J connectivity index is 1.54. The van der Waals surface area contributed by atoms with Gasteiger partial charge in [-0.1, -0.05) is 6.92 Å². The Labute approximate surface area is 174 Å². The van der Waals surface area contributed by atoms with Crippen molar-refractivity contribution in [3.63, 3.8) is 0 Å². The first-order valence-corrected chi connectivity index (χ1v) is 10.5. The van der Waals surface area contributed by atoms with Gasteiger partial charge in [-0.15, -0.1) is 0 Å². The molecular weight excluding hydrogens is 393 g/mol. The molecule has 2 aromatic rings. The molecule has 29 heavy (non-hydrogen) atoms. The number of rotatable bonds is 6. The van der Waals surface area contributed by atoms with E-state index >= 15 is 0 Å². The number of carbonyl (C=O) groups is 1. The highest BCUT2D eigenvalue weighted by atomic mass is 32.1. The zero-order chi connectivity index (χ0) is 20.6. The third kappa shape index (κ3) is 5.86. The standard InChI is InChI=1S/C19H26FN7OS/c1-3-16-24-19(29-25-16)27-11-9-26(10-12-27)18(21-4-2)22-13-17(28)23-15-7-5-14(20)6-8-15/h5-8H,3-4,9-13H2,1-2H3,(H,21,22)(H,23,28). The number of anilines is 2. The number of nitrogens with zero attached hydrogens (tertiary/aromatic N) is 5. The summed E-state index contributed by atoms with van der Waals surface area (Å²) >= 11 is 1.44. The largest absolute Gasteiger partial charge is 0.357 e. The van der Waals surface area contributed by atoms with Crippen LogP contribution in [-0.2, 0) is 11.2 Å². The van der Waals surface area contributed by atoms with Crippen molar-refractivity contribution >= 4 is 34.2 Å². The van der Waals surface area contributed by atoms with Gasteiger partial charge in [-0.2, -0.15) is 4.37 Å². The van der Waals surface area contributed by atoms with Crippen LogP contribution in [0, 0.1) is 5.82 Å². The van der Waals surface area contributed by atoms with E-state index in [1.54, 1.807) is 0 Å². The lowest BCUT2D eigenvalue weighted by Crippen LogP contribution is -2.52. The number of aliphatic imine (C=N–C) groups is 1. The third-order valence-corrected chi connectivity index (χ3v) is 5.27. The lowest BCUT2D eigenvalue weighted by atomic mass is 10.3. The molecule has 2 N–H and O–H groups in total. The van der Waals surface area contributed by atoms with Crippen molar-refractivity contribution in [1.82, 2.24) is 19.6 Å². The van der Waals surface area contributed by atoms with Crippen LogP contribution in [0.2, 0.25) is 0 Å². The van der Waals surface area contributed by atoms with Crippen LogP contribution in [0.5, 0.6) is 0 Å². The van der Waals surface area contributed by atoms with Gasteiger partial charge >= 0.3 is 0 Å². The zero-order valence-electron chi connectivity index (χ0n) is 16.7. The van der Waals surface area contributed by atoms with Gasteiger partial charge in [-0.05, 0) is 31.2 Å².